The van der Waals surface area contributed by atoms with Crippen LogP contribution in [0.15, 0.2) is 12.7 Å². The van der Waals surface area contributed by atoms with Crippen molar-refractivity contribution in [3.05, 3.63) is 12.7 Å². The molecule has 1 rings (SSSR count). The zero-order valence-electron chi connectivity index (χ0n) is 10.6. The summed E-state index contributed by atoms with van der Waals surface area (Å²) in [6, 6.07) is 0. The highest BCUT2D eigenvalue weighted by atomic mass is 16.5. The SMILES string of the molecule is C=CCCCO[C@@H]1C[C@H]1C(=O)NC(C)(C)C. The van der Waals surface area contributed by atoms with Crippen LogP contribution in [0.5, 0.6) is 0 Å². The molecule has 0 aromatic rings. The molecule has 1 fully saturated rings. The van der Waals surface area contributed by atoms with Gasteiger partial charge >= 0.3 is 0 Å². The third-order valence-electron chi connectivity index (χ3n) is 2.45. The second-order valence-corrected chi connectivity index (χ2v) is 5.42. The zero-order chi connectivity index (χ0) is 12.2. The average Bonchev–Trinajstić information content (AvgIpc) is 2.89. The molecule has 2 atom stereocenters. The summed E-state index contributed by atoms with van der Waals surface area (Å²) in [5, 5.41) is 2.98. The number of carbonyl (C=O) groups is 1. The van der Waals surface area contributed by atoms with E-state index < -0.39 is 0 Å². The fourth-order valence-electron chi connectivity index (χ4n) is 1.56. The van der Waals surface area contributed by atoms with Crippen LogP contribution in [0.3, 0.4) is 0 Å². The number of hydrogen-bond acceptors (Lipinski definition) is 2. The monoisotopic (exact) mass is 225 g/mol. The van der Waals surface area contributed by atoms with E-state index in [1.54, 1.807) is 0 Å². The lowest BCUT2D eigenvalue weighted by atomic mass is 10.1. The summed E-state index contributed by atoms with van der Waals surface area (Å²) in [6.07, 6.45) is 4.88. The Balaban J connectivity index is 2.13. The summed E-state index contributed by atoms with van der Waals surface area (Å²) in [7, 11) is 0. The molecular weight excluding hydrogens is 202 g/mol. The highest BCUT2D eigenvalue weighted by Crippen LogP contribution is 2.34. The molecule has 1 amide bonds. The lowest BCUT2D eigenvalue weighted by molar-refractivity contribution is -0.124. The van der Waals surface area contributed by atoms with Gasteiger partial charge in [-0.2, -0.15) is 0 Å². The number of unbranched alkanes of at least 4 members (excludes halogenated alkanes) is 1. The smallest absolute Gasteiger partial charge is 0.226 e. The summed E-state index contributed by atoms with van der Waals surface area (Å²) in [5.41, 5.74) is -0.146. The molecule has 0 unspecified atom stereocenters. The largest absolute Gasteiger partial charge is 0.377 e. The van der Waals surface area contributed by atoms with Crippen molar-refractivity contribution in [2.75, 3.05) is 6.61 Å². The molecule has 1 N–H and O–H groups in total. The Hall–Kier alpha value is -0.830. The van der Waals surface area contributed by atoms with E-state index in [9.17, 15) is 4.79 Å². The highest BCUT2D eigenvalue weighted by molar-refractivity contribution is 5.82. The molecule has 0 bridgehead atoms. The molecule has 0 radical (unpaired) electrons. The number of hydrogen-bond donors (Lipinski definition) is 1. The van der Waals surface area contributed by atoms with E-state index in [0.29, 0.717) is 0 Å². The second-order valence-electron chi connectivity index (χ2n) is 5.42. The Kier molecular flexibility index (Phi) is 4.54. The number of rotatable bonds is 6. The predicted molar refractivity (Wildman–Crippen MR) is 65.2 cm³/mol. The van der Waals surface area contributed by atoms with Crippen LogP contribution in [0, 0.1) is 5.92 Å². The van der Waals surface area contributed by atoms with Gasteiger partial charge in [0.2, 0.25) is 5.91 Å². The fourth-order valence-corrected chi connectivity index (χ4v) is 1.56. The van der Waals surface area contributed by atoms with Gasteiger partial charge < -0.3 is 10.1 Å². The highest BCUT2D eigenvalue weighted by Gasteiger charge is 2.44. The van der Waals surface area contributed by atoms with Crippen LogP contribution < -0.4 is 5.32 Å². The number of nitrogens with one attached hydrogen (secondary N) is 1. The van der Waals surface area contributed by atoms with Crippen molar-refractivity contribution in [1.29, 1.82) is 0 Å². The van der Waals surface area contributed by atoms with Gasteiger partial charge in [0, 0.05) is 12.1 Å². The zero-order valence-corrected chi connectivity index (χ0v) is 10.6. The van der Waals surface area contributed by atoms with Crippen molar-refractivity contribution >= 4 is 5.91 Å². The Labute approximate surface area is 98.2 Å². The molecule has 92 valence electrons. The second kappa shape index (κ2) is 5.48. The van der Waals surface area contributed by atoms with Gasteiger partial charge in [0.15, 0.2) is 0 Å². The van der Waals surface area contributed by atoms with Gasteiger partial charge in [0.1, 0.15) is 0 Å². The van der Waals surface area contributed by atoms with Crippen molar-refractivity contribution < 1.29 is 9.53 Å². The van der Waals surface area contributed by atoms with E-state index in [0.717, 1.165) is 25.9 Å². The number of allylic oxidation sites excluding steroid dienone is 1. The van der Waals surface area contributed by atoms with Crippen molar-refractivity contribution in [2.45, 2.75) is 51.7 Å². The molecule has 3 nitrogen and oxygen atoms in total. The van der Waals surface area contributed by atoms with E-state index in [4.69, 9.17) is 4.74 Å². The summed E-state index contributed by atoms with van der Waals surface area (Å²) in [4.78, 5) is 11.7. The first-order valence-electron chi connectivity index (χ1n) is 5.98. The number of amides is 1. The molecule has 1 aliphatic carbocycles. The Morgan fingerprint density at radius 3 is 2.81 bits per heavy atom. The molecule has 1 saturated carbocycles. The Bertz CT molecular complexity index is 255. The molecule has 0 spiro atoms. The predicted octanol–water partition coefficient (Wildman–Crippen LogP) is 2.27. The van der Waals surface area contributed by atoms with Crippen LogP contribution >= 0.6 is 0 Å². The molecule has 0 aliphatic heterocycles. The molecule has 0 aromatic heterocycles. The van der Waals surface area contributed by atoms with Crippen molar-refractivity contribution in [3.63, 3.8) is 0 Å². The number of carbonyl (C=O) groups excluding carboxylic acids is 1. The molecule has 0 heterocycles. The Morgan fingerprint density at radius 1 is 1.56 bits per heavy atom. The third kappa shape index (κ3) is 4.79. The molecule has 16 heavy (non-hydrogen) atoms. The first-order chi connectivity index (χ1) is 7.44. The van der Waals surface area contributed by atoms with Gasteiger partial charge in [-0.25, -0.2) is 0 Å². The summed E-state index contributed by atoms with van der Waals surface area (Å²) < 4.78 is 5.59. The Morgan fingerprint density at radius 2 is 2.25 bits per heavy atom. The van der Waals surface area contributed by atoms with E-state index in [1.165, 1.54) is 0 Å². The minimum Gasteiger partial charge on any atom is -0.377 e. The van der Waals surface area contributed by atoms with Crippen molar-refractivity contribution in [2.24, 2.45) is 5.92 Å². The van der Waals surface area contributed by atoms with Crippen LogP contribution in [0.25, 0.3) is 0 Å². The van der Waals surface area contributed by atoms with Gasteiger partial charge in [-0.15, -0.1) is 6.58 Å². The maximum atomic E-state index is 11.7. The number of ether oxygens (including phenoxy) is 1. The first-order valence-corrected chi connectivity index (χ1v) is 5.98. The van der Waals surface area contributed by atoms with Gasteiger partial charge in [-0.1, -0.05) is 6.08 Å². The van der Waals surface area contributed by atoms with E-state index in [1.807, 2.05) is 26.8 Å². The van der Waals surface area contributed by atoms with Crippen LogP contribution in [0.1, 0.15) is 40.0 Å². The molecule has 0 aromatic carbocycles. The first kappa shape index (κ1) is 13.2. The lowest BCUT2D eigenvalue weighted by Crippen LogP contribution is -2.42. The minimum absolute atomic E-state index is 0.0722. The standard InChI is InChI=1S/C13H23NO2/c1-5-6-7-8-16-11-9-10(11)12(15)14-13(2,3)4/h5,10-11H,1,6-9H2,2-4H3,(H,14,15)/t10-,11-/m1/s1. The van der Waals surface area contributed by atoms with E-state index in [-0.39, 0.29) is 23.5 Å². The van der Waals surface area contributed by atoms with Crippen LogP contribution in [0.4, 0.5) is 0 Å². The normalized spacial score (nSPS) is 23.9. The van der Waals surface area contributed by atoms with Crippen LogP contribution in [0.2, 0.25) is 0 Å². The maximum absolute atomic E-state index is 11.7. The van der Waals surface area contributed by atoms with Gasteiger partial charge in [-0.3, -0.25) is 4.79 Å². The lowest BCUT2D eigenvalue weighted by Gasteiger charge is -2.20. The van der Waals surface area contributed by atoms with E-state index in [2.05, 4.69) is 11.9 Å². The average molecular weight is 225 g/mol. The third-order valence-corrected chi connectivity index (χ3v) is 2.45. The van der Waals surface area contributed by atoms with Crippen molar-refractivity contribution in [1.82, 2.24) is 5.32 Å². The summed E-state index contributed by atoms with van der Waals surface area (Å²) >= 11 is 0. The molecule has 1 aliphatic rings. The van der Waals surface area contributed by atoms with Crippen LogP contribution in [-0.2, 0) is 9.53 Å². The maximum Gasteiger partial charge on any atom is 0.226 e. The van der Waals surface area contributed by atoms with Gasteiger partial charge in [0.05, 0.1) is 12.0 Å². The fraction of sp³-hybridized carbons (Fsp3) is 0.769. The molecular formula is C13H23NO2. The molecule has 3 heteroatoms. The van der Waals surface area contributed by atoms with E-state index >= 15 is 0 Å². The quantitative estimate of drug-likeness (QED) is 0.556. The van der Waals surface area contributed by atoms with Gasteiger partial charge in [0.25, 0.3) is 0 Å². The topological polar surface area (TPSA) is 38.3 Å². The minimum atomic E-state index is -0.146. The summed E-state index contributed by atoms with van der Waals surface area (Å²) in [6.45, 7) is 10.4. The molecule has 0 saturated heterocycles. The van der Waals surface area contributed by atoms with Crippen LogP contribution in [-0.4, -0.2) is 24.2 Å². The van der Waals surface area contributed by atoms with Crippen molar-refractivity contribution in [3.8, 4) is 0 Å². The van der Waals surface area contributed by atoms with Gasteiger partial charge in [-0.05, 0) is 40.0 Å². The summed E-state index contributed by atoms with van der Waals surface area (Å²) in [5.74, 6) is 0.198.